The molecule has 1 saturated carbocycles. The molecule has 110 valence electrons. The van der Waals surface area contributed by atoms with Crippen molar-refractivity contribution in [3.8, 4) is 0 Å². The van der Waals surface area contributed by atoms with E-state index in [0.717, 1.165) is 42.9 Å². The highest BCUT2D eigenvalue weighted by Gasteiger charge is 2.32. The highest BCUT2D eigenvalue weighted by molar-refractivity contribution is 5.95. The van der Waals surface area contributed by atoms with E-state index >= 15 is 0 Å². The molecule has 0 aromatic carbocycles. The summed E-state index contributed by atoms with van der Waals surface area (Å²) in [5.74, 6) is 1.23. The van der Waals surface area contributed by atoms with Crippen LogP contribution < -0.4 is 5.32 Å². The van der Waals surface area contributed by atoms with E-state index in [1.165, 1.54) is 0 Å². The van der Waals surface area contributed by atoms with E-state index in [-0.39, 0.29) is 5.91 Å². The number of aromatic nitrogens is 1. The number of hydrogen-bond donors (Lipinski definition) is 1. The Morgan fingerprint density at radius 2 is 2.15 bits per heavy atom. The lowest BCUT2D eigenvalue weighted by Crippen LogP contribution is -2.34. The topological polar surface area (TPSA) is 45.2 Å². The van der Waals surface area contributed by atoms with E-state index in [1.807, 2.05) is 24.1 Å². The SMILES string of the molecule is CCCN(C(=O)c1cc(NC)nc(C(C)C)c1)C1CC1. The molecule has 0 unspecified atom stereocenters. The molecule has 1 aromatic rings. The summed E-state index contributed by atoms with van der Waals surface area (Å²) in [7, 11) is 1.84. The number of pyridine rings is 1. The third-order valence-corrected chi connectivity index (χ3v) is 3.65. The molecule has 0 spiro atoms. The fraction of sp³-hybridized carbons (Fsp3) is 0.625. The van der Waals surface area contributed by atoms with Gasteiger partial charge in [0.2, 0.25) is 0 Å². The van der Waals surface area contributed by atoms with Gasteiger partial charge in [0, 0.05) is 30.9 Å². The molecule has 1 aromatic heterocycles. The second kappa shape index (κ2) is 6.25. The van der Waals surface area contributed by atoms with Crippen molar-refractivity contribution in [2.45, 2.75) is 52.0 Å². The van der Waals surface area contributed by atoms with Gasteiger partial charge in [-0.2, -0.15) is 0 Å². The second-order valence-corrected chi connectivity index (χ2v) is 5.80. The molecular weight excluding hydrogens is 250 g/mol. The minimum Gasteiger partial charge on any atom is -0.373 e. The average molecular weight is 275 g/mol. The Kier molecular flexibility index (Phi) is 4.63. The van der Waals surface area contributed by atoms with Crippen LogP contribution >= 0.6 is 0 Å². The number of carbonyl (C=O) groups is 1. The zero-order valence-electron chi connectivity index (χ0n) is 12.9. The number of amides is 1. The Balaban J connectivity index is 2.29. The Hall–Kier alpha value is -1.58. The highest BCUT2D eigenvalue weighted by Crippen LogP contribution is 2.29. The number of anilines is 1. The molecule has 0 aliphatic heterocycles. The van der Waals surface area contributed by atoms with Crippen LogP contribution in [-0.2, 0) is 0 Å². The molecule has 0 saturated heterocycles. The third kappa shape index (κ3) is 3.30. The normalized spacial score (nSPS) is 14.4. The third-order valence-electron chi connectivity index (χ3n) is 3.65. The largest absolute Gasteiger partial charge is 0.373 e. The Morgan fingerprint density at radius 3 is 2.65 bits per heavy atom. The van der Waals surface area contributed by atoms with Crippen LogP contribution in [0.1, 0.15) is 62.0 Å². The molecule has 0 radical (unpaired) electrons. The van der Waals surface area contributed by atoms with Gasteiger partial charge >= 0.3 is 0 Å². The van der Waals surface area contributed by atoms with Gasteiger partial charge in [0.15, 0.2) is 0 Å². The average Bonchev–Trinajstić information content (AvgIpc) is 3.27. The molecule has 1 amide bonds. The van der Waals surface area contributed by atoms with Crippen molar-refractivity contribution in [3.05, 3.63) is 23.4 Å². The first kappa shape index (κ1) is 14.8. The predicted molar refractivity (Wildman–Crippen MR) is 82.2 cm³/mol. The van der Waals surface area contributed by atoms with Crippen molar-refractivity contribution in [3.63, 3.8) is 0 Å². The van der Waals surface area contributed by atoms with E-state index in [2.05, 4.69) is 31.1 Å². The summed E-state index contributed by atoms with van der Waals surface area (Å²) < 4.78 is 0. The summed E-state index contributed by atoms with van der Waals surface area (Å²) >= 11 is 0. The lowest BCUT2D eigenvalue weighted by atomic mass is 10.1. The van der Waals surface area contributed by atoms with E-state index < -0.39 is 0 Å². The maximum absolute atomic E-state index is 12.7. The van der Waals surface area contributed by atoms with Gasteiger partial charge in [-0.05, 0) is 37.3 Å². The molecule has 0 atom stereocenters. The molecule has 2 rings (SSSR count). The van der Waals surface area contributed by atoms with Crippen LogP contribution in [0.4, 0.5) is 5.82 Å². The number of carbonyl (C=O) groups excluding carboxylic acids is 1. The molecule has 1 aliphatic carbocycles. The number of hydrogen-bond acceptors (Lipinski definition) is 3. The minimum absolute atomic E-state index is 0.148. The van der Waals surface area contributed by atoms with Crippen molar-refractivity contribution >= 4 is 11.7 Å². The van der Waals surface area contributed by atoms with Crippen LogP contribution in [0.5, 0.6) is 0 Å². The molecule has 4 nitrogen and oxygen atoms in total. The first-order valence-corrected chi connectivity index (χ1v) is 7.57. The Labute approximate surface area is 121 Å². The van der Waals surface area contributed by atoms with Gasteiger partial charge in [-0.25, -0.2) is 4.98 Å². The molecule has 20 heavy (non-hydrogen) atoms. The minimum atomic E-state index is 0.148. The lowest BCUT2D eigenvalue weighted by molar-refractivity contribution is 0.0743. The molecule has 4 heteroatoms. The molecule has 0 bridgehead atoms. The van der Waals surface area contributed by atoms with Crippen molar-refractivity contribution in [1.29, 1.82) is 0 Å². The van der Waals surface area contributed by atoms with E-state index in [9.17, 15) is 4.79 Å². The van der Waals surface area contributed by atoms with Crippen LogP contribution in [0.15, 0.2) is 12.1 Å². The van der Waals surface area contributed by atoms with Crippen molar-refractivity contribution in [2.75, 3.05) is 18.9 Å². The van der Waals surface area contributed by atoms with Crippen LogP contribution in [0.2, 0.25) is 0 Å². The van der Waals surface area contributed by atoms with Gasteiger partial charge in [0.05, 0.1) is 0 Å². The van der Waals surface area contributed by atoms with Gasteiger partial charge in [-0.3, -0.25) is 4.79 Å². The van der Waals surface area contributed by atoms with Crippen LogP contribution in [0.3, 0.4) is 0 Å². The van der Waals surface area contributed by atoms with Crippen molar-refractivity contribution in [1.82, 2.24) is 9.88 Å². The van der Waals surface area contributed by atoms with Crippen LogP contribution in [0.25, 0.3) is 0 Å². The number of rotatable bonds is 6. The Bertz CT molecular complexity index is 481. The van der Waals surface area contributed by atoms with Crippen LogP contribution in [-0.4, -0.2) is 35.4 Å². The Morgan fingerprint density at radius 1 is 1.45 bits per heavy atom. The summed E-state index contributed by atoms with van der Waals surface area (Å²) in [6.45, 7) is 7.16. The summed E-state index contributed by atoms with van der Waals surface area (Å²) in [5.41, 5.74) is 1.72. The summed E-state index contributed by atoms with van der Waals surface area (Å²) in [4.78, 5) is 19.3. The molecule has 1 aliphatic rings. The fourth-order valence-corrected chi connectivity index (χ4v) is 2.34. The number of nitrogens with zero attached hydrogens (tertiary/aromatic N) is 2. The van der Waals surface area contributed by atoms with E-state index in [4.69, 9.17) is 0 Å². The monoisotopic (exact) mass is 275 g/mol. The zero-order valence-corrected chi connectivity index (χ0v) is 12.9. The summed E-state index contributed by atoms with van der Waals surface area (Å²) in [5, 5.41) is 3.05. The smallest absolute Gasteiger partial charge is 0.254 e. The van der Waals surface area contributed by atoms with Gasteiger partial charge in [0.25, 0.3) is 5.91 Å². The van der Waals surface area contributed by atoms with E-state index in [1.54, 1.807) is 0 Å². The maximum atomic E-state index is 12.7. The highest BCUT2D eigenvalue weighted by atomic mass is 16.2. The quantitative estimate of drug-likeness (QED) is 0.866. The standard InChI is InChI=1S/C16H25N3O/c1-5-8-19(13-6-7-13)16(20)12-9-14(11(2)3)18-15(10-12)17-4/h9-11,13H,5-8H2,1-4H3,(H,17,18). The summed E-state index contributed by atoms with van der Waals surface area (Å²) in [6.07, 6.45) is 3.29. The maximum Gasteiger partial charge on any atom is 0.254 e. The first-order valence-electron chi connectivity index (χ1n) is 7.57. The van der Waals surface area contributed by atoms with Crippen LogP contribution in [0, 0.1) is 0 Å². The van der Waals surface area contributed by atoms with Gasteiger partial charge in [0.1, 0.15) is 5.82 Å². The van der Waals surface area contributed by atoms with Gasteiger partial charge in [-0.1, -0.05) is 20.8 Å². The molecular formula is C16H25N3O. The molecule has 1 fully saturated rings. The molecule has 1 heterocycles. The van der Waals surface area contributed by atoms with Crippen molar-refractivity contribution in [2.24, 2.45) is 0 Å². The molecule has 1 N–H and O–H groups in total. The lowest BCUT2D eigenvalue weighted by Gasteiger charge is -2.22. The summed E-state index contributed by atoms with van der Waals surface area (Å²) in [6, 6.07) is 4.26. The van der Waals surface area contributed by atoms with Gasteiger partial charge in [-0.15, -0.1) is 0 Å². The number of nitrogens with one attached hydrogen (secondary N) is 1. The van der Waals surface area contributed by atoms with Crippen molar-refractivity contribution < 1.29 is 4.79 Å². The van der Waals surface area contributed by atoms with E-state index in [0.29, 0.717) is 12.0 Å². The predicted octanol–water partition coefficient (Wildman–Crippen LogP) is 3.26. The first-order chi connectivity index (χ1) is 9.56. The second-order valence-electron chi connectivity index (χ2n) is 5.80. The van der Waals surface area contributed by atoms with Gasteiger partial charge < -0.3 is 10.2 Å². The fourth-order valence-electron chi connectivity index (χ4n) is 2.34. The zero-order chi connectivity index (χ0) is 14.7.